The van der Waals surface area contributed by atoms with Gasteiger partial charge in [0.15, 0.2) is 0 Å². The van der Waals surface area contributed by atoms with Gasteiger partial charge in [-0.3, -0.25) is 0 Å². The molecule has 0 bridgehead atoms. The maximum absolute atomic E-state index is 2.45. The van der Waals surface area contributed by atoms with Crippen LogP contribution in [-0.4, -0.2) is 20.8 Å². The van der Waals surface area contributed by atoms with Crippen LogP contribution in [0.5, 0.6) is 0 Å². The van der Waals surface area contributed by atoms with Crippen LogP contribution in [0.4, 0.5) is 5.69 Å². The first kappa shape index (κ1) is 15.8. The molecule has 0 atom stereocenters. The van der Waals surface area contributed by atoms with Gasteiger partial charge in [0.25, 0.3) is 0 Å². The Labute approximate surface area is 139 Å². The fourth-order valence-corrected chi connectivity index (χ4v) is 6.69. The number of hydrogen-bond acceptors (Lipinski definition) is 1. The van der Waals surface area contributed by atoms with E-state index in [4.69, 9.17) is 0 Å². The molecule has 0 N–H and O–H groups in total. The normalized spacial score (nSPS) is 12.0. The van der Waals surface area contributed by atoms with E-state index in [2.05, 4.69) is 111 Å². The molecule has 118 valence electrons. The van der Waals surface area contributed by atoms with Crippen molar-refractivity contribution in [1.82, 2.24) is 0 Å². The summed E-state index contributed by atoms with van der Waals surface area (Å²) in [5, 5.41) is 4.34. The molecule has 0 aliphatic heterocycles. The summed E-state index contributed by atoms with van der Waals surface area (Å²) in [6.07, 6.45) is 0. The first-order valence-corrected chi connectivity index (χ1v) is 10.5. The van der Waals surface area contributed by atoms with E-state index in [1.54, 1.807) is 0 Å². The molecule has 3 rings (SSSR count). The summed E-state index contributed by atoms with van der Waals surface area (Å²) in [5.41, 5.74) is 1.24. The standard InChI is InChI=1S/C21H24NP/c1-22(2)18-14-16-21(17-15-18)23(3,19-10-6-4-7-11-19)20-12-8-5-9-13-20/h4-17,23H,1-3H3. The molecule has 0 aromatic heterocycles. The topological polar surface area (TPSA) is 3.24 Å². The van der Waals surface area contributed by atoms with Gasteiger partial charge >= 0.3 is 139 Å². The minimum absolute atomic E-state index is 1.24. The third-order valence-corrected chi connectivity index (χ3v) is 9.13. The molecule has 0 unspecified atom stereocenters. The fraction of sp³-hybridized carbons (Fsp3) is 0.143. The molecule has 0 aliphatic rings. The first-order valence-electron chi connectivity index (χ1n) is 8.01. The van der Waals surface area contributed by atoms with Crippen molar-refractivity contribution in [1.29, 1.82) is 0 Å². The van der Waals surface area contributed by atoms with Gasteiger partial charge < -0.3 is 0 Å². The summed E-state index contributed by atoms with van der Waals surface area (Å²) in [6, 6.07) is 31.0. The summed E-state index contributed by atoms with van der Waals surface area (Å²) in [7, 11) is 2.21. The van der Waals surface area contributed by atoms with Gasteiger partial charge in [0, 0.05) is 0 Å². The number of anilines is 1. The SMILES string of the molecule is CN(C)c1ccc([PH](C)(c2ccccc2)c2ccccc2)cc1. The van der Waals surface area contributed by atoms with Gasteiger partial charge in [0.05, 0.1) is 0 Å². The van der Waals surface area contributed by atoms with Crippen LogP contribution >= 0.6 is 7.26 Å². The van der Waals surface area contributed by atoms with E-state index >= 15 is 0 Å². The van der Waals surface area contributed by atoms with Crippen molar-refractivity contribution in [2.75, 3.05) is 25.7 Å². The van der Waals surface area contributed by atoms with Gasteiger partial charge in [-0.1, -0.05) is 0 Å². The maximum atomic E-state index is 2.45. The third kappa shape index (κ3) is 3.02. The second-order valence-electron chi connectivity index (χ2n) is 6.30. The predicted octanol–water partition coefficient (Wildman–Crippen LogP) is 3.41. The van der Waals surface area contributed by atoms with Crippen molar-refractivity contribution in [2.24, 2.45) is 0 Å². The van der Waals surface area contributed by atoms with Crippen molar-refractivity contribution < 1.29 is 0 Å². The number of rotatable bonds is 4. The molecule has 0 fully saturated rings. The zero-order valence-corrected chi connectivity index (χ0v) is 15.0. The molecule has 2 heteroatoms. The molecule has 23 heavy (non-hydrogen) atoms. The molecule has 0 spiro atoms. The molecule has 0 amide bonds. The van der Waals surface area contributed by atoms with E-state index in [0.29, 0.717) is 0 Å². The van der Waals surface area contributed by atoms with Gasteiger partial charge in [-0.2, -0.15) is 0 Å². The number of hydrogen-bond donors (Lipinski definition) is 0. The molecule has 0 heterocycles. The summed E-state index contributed by atoms with van der Waals surface area (Å²) >= 11 is 0. The molecular weight excluding hydrogens is 297 g/mol. The van der Waals surface area contributed by atoms with Crippen LogP contribution in [0.2, 0.25) is 0 Å². The first-order chi connectivity index (χ1) is 11.1. The fourth-order valence-electron chi connectivity index (χ4n) is 3.14. The van der Waals surface area contributed by atoms with E-state index in [9.17, 15) is 0 Å². The summed E-state index contributed by atoms with van der Waals surface area (Å²) in [4.78, 5) is 2.15. The van der Waals surface area contributed by atoms with Crippen LogP contribution in [0.15, 0.2) is 84.9 Å². The van der Waals surface area contributed by atoms with Crippen molar-refractivity contribution >= 4 is 28.9 Å². The summed E-state index contributed by atoms with van der Waals surface area (Å²) < 4.78 is 0. The van der Waals surface area contributed by atoms with E-state index in [1.165, 1.54) is 21.6 Å². The Morgan fingerprint density at radius 2 is 0.957 bits per heavy atom. The monoisotopic (exact) mass is 321 g/mol. The molecular formula is C21H24NP. The van der Waals surface area contributed by atoms with Crippen molar-refractivity contribution in [3.05, 3.63) is 84.9 Å². The Bertz CT molecular complexity index is 709. The van der Waals surface area contributed by atoms with Crippen LogP contribution in [0, 0.1) is 0 Å². The van der Waals surface area contributed by atoms with Gasteiger partial charge in [-0.25, -0.2) is 0 Å². The second kappa shape index (κ2) is 6.56. The Morgan fingerprint density at radius 3 is 1.35 bits per heavy atom. The molecule has 1 nitrogen and oxygen atoms in total. The molecule has 0 aliphatic carbocycles. The van der Waals surface area contributed by atoms with Crippen molar-refractivity contribution in [2.45, 2.75) is 0 Å². The van der Waals surface area contributed by atoms with Crippen LogP contribution in [-0.2, 0) is 0 Å². The zero-order valence-electron chi connectivity index (χ0n) is 14.0. The number of benzene rings is 3. The molecule has 0 saturated heterocycles. The number of nitrogens with zero attached hydrogens (tertiary/aromatic N) is 1. The summed E-state index contributed by atoms with van der Waals surface area (Å²) in [6.45, 7) is 2.45. The quantitative estimate of drug-likeness (QED) is 0.666. The molecule has 3 aromatic rings. The van der Waals surface area contributed by atoms with Crippen LogP contribution in [0.3, 0.4) is 0 Å². The Balaban J connectivity index is 2.16. The van der Waals surface area contributed by atoms with Gasteiger partial charge in [-0.15, -0.1) is 0 Å². The van der Waals surface area contributed by atoms with E-state index in [0.717, 1.165) is 0 Å². The van der Waals surface area contributed by atoms with Gasteiger partial charge in [-0.05, 0) is 0 Å². The van der Waals surface area contributed by atoms with Gasteiger partial charge in [0.1, 0.15) is 0 Å². The van der Waals surface area contributed by atoms with Gasteiger partial charge in [0.2, 0.25) is 0 Å². The summed E-state index contributed by atoms with van der Waals surface area (Å²) in [5.74, 6) is 0. The van der Waals surface area contributed by atoms with E-state index in [1.807, 2.05) is 0 Å². The average Bonchev–Trinajstić information content (AvgIpc) is 2.62. The zero-order chi connectivity index (χ0) is 16.3. The van der Waals surface area contributed by atoms with E-state index in [-0.39, 0.29) is 0 Å². The Kier molecular flexibility index (Phi) is 4.50. The molecule has 0 radical (unpaired) electrons. The minimum atomic E-state index is -1.95. The average molecular weight is 321 g/mol. The molecule has 0 saturated carbocycles. The Hall–Kier alpha value is -2.11. The predicted molar refractivity (Wildman–Crippen MR) is 107 cm³/mol. The van der Waals surface area contributed by atoms with E-state index < -0.39 is 7.26 Å². The third-order valence-electron chi connectivity index (χ3n) is 4.66. The molecule has 3 aromatic carbocycles. The van der Waals surface area contributed by atoms with Crippen molar-refractivity contribution in [3.63, 3.8) is 0 Å². The van der Waals surface area contributed by atoms with Crippen molar-refractivity contribution in [3.8, 4) is 0 Å². The second-order valence-corrected chi connectivity index (χ2v) is 10.3. The Morgan fingerprint density at radius 1 is 0.565 bits per heavy atom. The van der Waals surface area contributed by atoms with Crippen LogP contribution < -0.4 is 20.8 Å². The van der Waals surface area contributed by atoms with Crippen LogP contribution in [0.25, 0.3) is 0 Å². The van der Waals surface area contributed by atoms with Crippen LogP contribution in [0.1, 0.15) is 0 Å².